The minimum Gasteiger partial charge on any atom is -0.364 e. The van der Waals surface area contributed by atoms with Gasteiger partial charge in [-0.25, -0.2) is 0 Å². The Morgan fingerprint density at radius 1 is 1.29 bits per heavy atom. The molecule has 0 aromatic rings. The molecule has 0 atom stereocenters. The largest absolute Gasteiger partial charge is 0.364 e. The van der Waals surface area contributed by atoms with Crippen molar-refractivity contribution in [2.45, 2.75) is 40.0 Å². The van der Waals surface area contributed by atoms with Crippen molar-refractivity contribution >= 4 is 0 Å². The predicted molar refractivity (Wildman–Crippen MR) is 64.2 cm³/mol. The van der Waals surface area contributed by atoms with E-state index >= 15 is 0 Å². The third-order valence-electron chi connectivity index (χ3n) is 2.50. The summed E-state index contributed by atoms with van der Waals surface area (Å²) in [6.07, 6.45) is 3.79. The smallest absolute Gasteiger partial charge is 0.102 e. The quantitative estimate of drug-likeness (QED) is 0.673. The van der Waals surface area contributed by atoms with Crippen LogP contribution in [0.15, 0.2) is 11.4 Å². The van der Waals surface area contributed by atoms with Crippen LogP contribution in [0.3, 0.4) is 0 Å². The maximum absolute atomic E-state index is 2.36. The van der Waals surface area contributed by atoms with Crippen LogP contribution in [-0.2, 0) is 0 Å². The highest BCUT2D eigenvalue weighted by atomic mass is 15.3. The van der Waals surface area contributed by atoms with Crippen LogP contribution in [0.4, 0.5) is 0 Å². The lowest BCUT2D eigenvalue weighted by molar-refractivity contribution is 0.269. The number of allylic oxidation sites excluding steroid dienone is 1. The molecule has 0 fully saturated rings. The summed E-state index contributed by atoms with van der Waals surface area (Å²) in [5, 5.41) is 0. The lowest BCUT2D eigenvalue weighted by Crippen LogP contribution is -2.33. The predicted octanol–water partition coefficient (Wildman–Crippen LogP) is 2.92. The van der Waals surface area contributed by atoms with E-state index < -0.39 is 0 Å². The average molecular weight is 198 g/mol. The second-order valence-corrected chi connectivity index (χ2v) is 3.70. The fourth-order valence-electron chi connectivity index (χ4n) is 2.01. The molecule has 1 rings (SSSR count). The van der Waals surface area contributed by atoms with Gasteiger partial charge in [0.25, 0.3) is 0 Å². The average Bonchev–Trinajstić information content (AvgIpc) is 2.19. The van der Waals surface area contributed by atoms with Gasteiger partial charge < -0.3 is 9.80 Å². The van der Waals surface area contributed by atoms with E-state index in [4.69, 9.17) is 0 Å². The number of hydrogen-bond acceptors (Lipinski definition) is 2. The molecule has 0 aromatic carbocycles. The van der Waals surface area contributed by atoms with Gasteiger partial charge in [0.15, 0.2) is 0 Å². The third kappa shape index (κ3) is 3.24. The third-order valence-corrected chi connectivity index (χ3v) is 2.50. The summed E-state index contributed by atoms with van der Waals surface area (Å²) in [5.74, 6) is 1.43. The molecule has 0 amide bonds. The lowest BCUT2D eigenvalue weighted by Gasteiger charge is -2.34. The van der Waals surface area contributed by atoms with Gasteiger partial charge in [0.2, 0.25) is 0 Å². The molecule has 2 nitrogen and oxygen atoms in total. The van der Waals surface area contributed by atoms with E-state index in [9.17, 15) is 0 Å². The molecule has 0 N–H and O–H groups in total. The number of hydrogen-bond donors (Lipinski definition) is 0. The molecular weight excluding hydrogens is 172 g/mol. The molecule has 0 aliphatic carbocycles. The second kappa shape index (κ2) is 6.74. The molecule has 0 radical (unpaired) electrons. The van der Waals surface area contributed by atoms with E-state index in [-0.39, 0.29) is 0 Å². The van der Waals surface area contributed by atoms with Crippen LogP contribution in [0.2, 0.25) is 0 Å². The summed E-state index contributed by atoms with van der Waals surface area (Å²) in [5.41, 5.74) is 1.61. The second-order valence-electron chi connectivity index (χ2n) is 3.70. The summed E-state index contributed by atoms with van der Waals surface area (Å²) < 4.78 is 0. The van der Waals surface area contributed by atoms with Crippen molar-refractivity contribution in [1.29, 1.82) is 0 Å². The van der Waals surface area contributed by atoms with Crippen molar-refractivity contribution < 1.29 is 0 Å². The zero-order valence-electron chi connectivity index (χ0n) is 10.7. The molecule has 14 heavy (non-hydrogen) atoms. The van der Waals surface area contributed by atoms with E-state index in [0.717, 1.165) is 0 Å². The Kier molecular flexibility index (Phi) is 6.43. The summed E-state index contributed by atoms with van der Waals surface area (Å²) in [7, 11) is 6.45. The minimum absolute atomic E-state index is 1.19. The van der Waals surface area contributed by atoms with Gasteiger partial charge in [-0.3, -0.25) is 0 Å². The summed E-state index contributed by atoms with van der Waals surface area (Å²) in [4.78, 5) is 4.60. The van der Waals surface area contributed by atoms with Gasteiger partial charge in [-0.15, -0.1) is 0 Å². The lowest BCUT2D eigenvalue weighted by atomic mass is 10.0. The molecule has 0 unspecified atom stereocenters. The Labute approximate surface area is 89.6 Å². The Balaban J connectivity index is 0.000000791. The molecule has 2 heteroatoms. The van der Waals surface area contributed by atoms with Crippen LogP contribution in [0.25, 0.3) is 0 Å². The fraction of sp³-hybridized carbons (Fsp3) is 0.833. The Bertz CT molecular complexity index is 183. The highest BCUT2D eigenvalue weighted by Gasteiger charge is 2.16. The molecule has 0 spiro atoms. The van der Waals surface area contributed by atoms with Crippen LogP contribution >= 0.6 is 0 Å². The van der Waals surface area contributed by atoms with Crippen molar-refractivity contribution in [2.75, 3.05) is 27.7 Å². The molecule has 0 aromatic heterocycles. The molecule has 0 saturated carbocycles. The van der Waals surface area contributed by atoms with E-state index in [1.165, 1.54) is 31.6 Å². The number of nitrogens with zero attached hydrogens (tertiary/aromatic N) is 2. The number of rotatable bonds is 2. The van der Waals surface area contributed by atoms with Crippen molar-refractivity contribution in [1.82, 2.24) is 9.80 Å². The van der Waals surface area contributed by atoms with Crippen molar-refractivity contribution in [3.8, 4) is 0 Å². The zero-order valence-corrected chi connectivity index (χ0v) is 10.7. The van der Waals surface area contributed by atoms with E-state index in [1.807, 2.05) is 13.8 Å². The highest BCUT2D eigenvalue weighted by Crippen LogP contribution is 2.24. The standard InChI is InChI=1S/C10H20N2.C2H6/c1-5-9-7-6-8-12(4)10(9)11(2)3;1-2/h5-8H2,1-4H3;1-2H3. The summed E-state index contributed by atoms with van der Waals surface area (Å²) >= 11 is 0. The summed E-state index contributed by atoms with van der Waals surface area (Å²) in [6.45, 7) is 7.45. The van der Waals surface area contributed by atoms with Gasteiger partial charge in [-0.2, -0.15) is 0 Å². The van der Waals surface area contributed by atoms with Crippen LogP contribution < -0.4 is 0 Å². The van der Waals surface area contributed by atoms with Crippen LogP contribution in [0.5, 0.6) is 0 Å². The first-order chi connectivity index (χ1) is 6.66. The van der Waals surface area contributed by atoms with Crippen molar-refractivity contribution in [2.24, 2.45) is 0 Å². The van der Waals surface area contributed by atoms with Gasteiger partial charge in [-0.1, -0.05) is 20.8 Å². The van der Waals surface area contributed by atoms with Crippen molar-refractivity contribution in [3.05, 3.63) is 11.4 Å². The maximum atomic E-state index is 2.36. The van der Waals surface area contributed by atoms with E-state index in [2.05, 4.69) is 37.9 Å². The fourth-order valence-corrected chi connectivity index (χ4v) is 2.01. The molecule has 1 aliphatic rings. The monoisotopic (exact) mass is 198 g/mol. The van der Waals surface area contributed by atoms with E-state index in [1.54, 1.807) is 5.57 Å². The first-order valence-corrected chi connectivity index (χ1v) is 5.77. The molecule has 1 aliphatic heterocycles. The molecule has 84 valence electrons. The Morgan fingerprint density at radius 3 is 2.21 bits per heavy atom. The van der Waals surface area contributed by atoms with E-state index in [0.29, 0.717) is 0 Å². The van der Waals surface area contributed by atoms with Crippen LogP contribution in [0.1, 0.15) is 40.0 Å². The molecule has 0 saturated heterocycles. The molecular formula is C12H26N2. The zero-order chi connectivity index (χ0) is 11.1. The SMILES string of the molecule is CC.CCC1=C(N(C)C)N(C)CCC1. The first kappa shape index (κ1) is 13.3. The van der Waals surface area contributed by atoms with Gasteiger partial charge in [0.05, 0.1) is 0 Å². The van der Waals surface area contributed by atoms with Crippen molar-refractivity contribution in [3.63, 3.8) is 0 Å². The topological polar surface area (TPSA) is 6.48 Å². The van der Waals surface area contributed by atoms with Gasteiger partial charge >= 0.3 is 0 Å². The minimum atomic E-state index is 1.19. The van der Waals surface area contributed by atoms with Gasteiger partial charge in [-0.05, 0) is 24.8 Å². The van der Waals surface area contributed by atoms with Crippen LogP contribution in [0, 0.1) is 0 Å². The normalized spacial score (nSPS) is 16.3. The van der Waals surface area contributed by atoms with Gasteiger partial charge in [0.1, 0.15) is 5.82 Å². The molecule has 1 heterocycles. The summed E-state index contributed by atoms with van der Waals surface area (Å²) in [6, 6.07) is 0. The highest BCUT2D eigenvalue weighted by molar-refractivity contribution is 5.13. The Morgan fingerprint density at radius 2 is 1.86 bits per heavy atom. The van der Waals surface area contributed by atoms with Gasteiger partial charge in [0, 0.05) is 27.7 Å². The first-order valence-electron chi connectivity index (χ1n) is 5.77. The van der Waals surface area contributed by atoms with Crippen LogP contribution in [-0.4, -0.2) is 37.5 Å². The molecule has 0 bridgehead atoms. The Hall–Kier alpha value is -0.660. The maximum Gasteiger partial charge on any atom is 0.102 e.